The van der Waals surface area contributed by atoms with Crippen LogP contribution in [0.15, 0.2) is 45.4 Å². The van der Waals surface area contributed by atoms with Crippen LogP contribution in [-0.4, -0.2) is 41.0 Å². The monoisotopic (exact) mass is 489 g/mol. The largest absolute Gasteiger partial charge is 0.462 e. The molecule has 11 heteroatoms. The van der Waals surface area contributed by atoms with E-state index >= 15 is 0 Å². The van der Waals surface area contributed by atoms with E-state index in [9.17, 15) is 19.2 Å². The Balaban J connectivity index is 1.82. The van der Waals surface area contributed by atoms with Crippen LogP contribution in [0.1, 0.15) is 27.7 Å². The zero-order valence-electron chi connectivity index (χ0n) is 17.9. The summed E-state index contributed by atoms with van der Waals surface area (Å²) < 4.78 is 12.1. The fourth-order valence-electron chi connectivity index (χ4n) is 3.43. The second kappa shape index (κ2) is 9.24. The SMILES string of the molecule is CCOC(=O)c1cn(-c2ccc(N3CCOC3=O)cc2)c(=O)n(Cc2scc(C)c2Cl)c1=O. The van der Waals surface area contributed by atoms with Crippen LogP contribution >= 0.6 is 22.9 Å². The lowest BCUT2D eigenvalue weighted by molar-refractivity contribution is 0.0522. The molecule has 0 aliphatic carbocycles. The lowest BCUT2D eigenvalue weighted by Crippen LogP contribution is -2.42. The van der Waals surface area contributed by atoms with Gasteiger partial charge in [-0.15, -0.1) is 11.3 Å². The summed E-state index contributed by atoms with van der Waals surface area (Å²) in [5.41, 5.74) is 0.186. The fraction of sp³-hybridized carbons (Fsp3) is 0.273. The minimum absolute atomic E-state index is 0.0774. The highest BCUT2D eigenvalue weighted by atomic mass is 35.5. The molecule has 0 N–H and O–H groups in total. The summed E-state index contributed by atoms with van der Waals surface area (Å²) in [6, 6.07) is 6.56. The third kappa shape index (κ3) is 4.31. The number of rotatable bonds is 6. The molecule has 0 atom stereocenters. The maximum Gasteiger partial charge on any atom is 0.414 e. The molecule has 172 valence electrons. The number of thiophene rings is 1. The second-order valence-electron chi connectivity index (χ2n) is 7.25. The molecule has 1 fully saturated rings. The molecule has 1 saturated heterocycles. The van der Waals surface area contributed by atoms with Gasteiger partial charge in [-0.3, -0.25) is 18.8 Å². The lowest BCUT2D eigenvalue weighted by atomic mass is 10.2. The smallest absolute Gasteiger partial charge is 0.414 e. The lowest BCUT2D eigenvalue weighted by Gasteiger charge is -2.15. The van der Waals surface area contributed by atoms with Crippen LogP contribution in [0.3, 0.4) is 0 Å². The molecule has 3 aromatic rings. The van der Waals surface area contributed by atoms with Gasteiger partial charge in [0.1, 0.15) is 12.2 Å². The first-order valence-electron chi connectivity index (χ1n) is 10.1. The maximum atomic E-state index is 13.3. The third-order valence-corrected chi connectivity index (χ3v) is 6.86. The van der Waals surface area contributed by atoms with E-state index in [-0.39, 0.29) is 18.7 Å². The zero-order valence-corrected chi connectivity index (χ0v) is 19.4. The summed E-state index contributed by atoms with van der Waals surface area (Å²) in [5.74, 6) is -0.824. The molecule has 0 spiro atoms. The van der Waals surface area contributed by atoms with Crippen LogP contribution < -0.4 is 16.1 Å². The van der Waals surface area contributed by atoms with Gasteiger partial charge in [0.25, 0.3) is 5.56 Å². The first-order chi connectivity index (χ1) is 15.8. The number of halogens is 1. The highest BCUT2D eigenvalue weighted by Crippen LogP contribution is 2.27. The Morgan fingerprint density at radius 2 is 1.88 bits per heavy atom. The number of ether oxygens (including phenoxy) is 2. The molecule has 1 amide bonds. The van der Waals surface area contributed by atoms with Gasteiger partial charge in [0.05, 0.1) is 30.4 Å². The molecule has 9 nitrogen and oxygen atoms in total. The number of cyclic esters (lactones) is 1. The molecule has 1 aromatic carbocycles. The van der Waals surface area contributed by atoms with Crippen LogP contribution in [0.2, 0.25) is 5.02 Å². The summed E-state index contributed by atoms with van der Waals surface area (Å²) in [6.45, 7) is 4.18. The van der Waals surface area contributed by atoms with Crippen molar-refractivity contribution >= 4 is 40.7 Å². The quantitative estimate of drug-likeness (QED) is 0.493. The molecule has 1 aliphatic heterocycles. The summed E-state index contributed by atoms with van der Waals surface area (Å²) in [6.07, 6.45) is 0.737. The average molecular weight is 490 g/mol. The van der Waals surface area contributed by atoms with Gasteiger partial charge < -0.3 is 9.47 Å². The second-order valence-corrected chi connectivity index (χ2v) is 8.59. The van der Waals surface area contributed by atoms with Crippen molar-refractivity contribution in [3.63, 3.8) is 0 Å². The Kier molecular flexibility index (Phi) is 6.39. The minimum atomic E-state index is -0.824. The number of anilines is 1. The summed E-state index contributed by atoms with van der Waals surface area (Å²) >= 11 is 7.64. The average Bonchev–Trinajstić information content (AvgIpc) is 3.37. The van der Waals surface area contributed by atoms with Gasteiger partial charge >= 0.3 is 17.8 Å². The Hall–Kier alpha value is -3.37. The molecule has 33 heavy (non-hydrogen) atoms. The van der Waals surface area contributed by atoms with E-state index < -0.39 is 23.3 Å². The highest BCUT2D eigenvalue weighted by molar-refractivity contribution is 7.10. The number of hydrogen-bond acceptors (Lipinski definition) is 7. The van der Waals surface area contributed by atoms with Crippen molar-refractivity contribution in [2.75, 3.05) is 24.7 Å². The normalized spacial score (nSPS) is 13.3. The fourth-order valence-corrected chi connectivity index (χ4v) is 4.65. The van der Waals surface area contributed by atoms with E-state index in [2.05, 4.69) is 0 Å². The number of aryl methyl sites for hydroxylation is 1. The highest BCUT2D eigenvalue weighted by Gasteiger charge is 2.24. The first kappa shape index (κ1) is 22.8. The van der Waals surface area contributed by atoms with Gasteiger partial charge in [0.2, 0.25) is 0 Å². The Labute approximate surface area is 197 Å². The van der Waals surface area contributed by atoms with Gasteiger partial charge in [-0.1, -0.05) is 11.6 Å². The van der Waals surface area contributed by atoms with Crippen LogP contribution in [0.25, 0.3) is 5.69 Å². The third-order valence-electron chi connectivity index (χ3n) is 5.14. The number of nitrogens with zero attached hydrogens (tertiary/aromatic N) is 3. The predicted octanol–water partition coefficient (Wildman–Crippen LogP) is 3.20. The summed E-state index contributed by atoms with van der Waals surface area (Å²) in [7, 11) is 0. The van der Waals surface area contributed by atoms with E-state index in [1.54, 1.807) is 31.2 Å². The van der Waals surface area contributed by atoms with Crippen LogP contribution in [0.4, 0.5) is 10.5 Å². The molecule has 4 rings (SSSR count). The summed E-state index contributed by atoms with van der Waals surface area (Å²) in [5, 5.41) is 2.31. The Bertz CT molecular complexity index is 1340. The van der Waals surface area contributed by atoms with E-state index in [0.717, 1.165) is 10.1 Å². The van der Waals surface area contributed by atoms with Crippen molar-refractivity contribution in [1.29, 1.82) is 0 Å². The number of hydrogen-bond donors (Lipinski definition) is 0. The Morgan fingerprint density at radius 1 is 1.18 bits per heavy atom. The first-order valence-corrected chi connectivity index (χ1v) is 11.4. The zero-order chi connectivity index (χ0) is 23.7. The van der Waals surface area contributed by atoms with E-state index in [0.29, 0.717) is 34.4 Å². The van der Waals surface area contributed by atoms with Crippen molar-refractivity contribution in [3.8, 4) is 5.69 Å². The number of aromatic nitrogens is 2. The number of esters is 1. The van der Waals surface area contributed by atoms with Gasteiger partial charge in [-0.2, -0.15) is 0 Å². The van der Waals surface area contributed by atoms with Crippen molar-refractivity contribution in [1.82, 2.24) is 9.13 Å². The number of carbonyl (C=O) groups is 2. The van der Waals surface area contributed by atoms with Gasteiger partial charge in [0.15, 0.2) is 0 Å². The van der Waals surface area contributed by atoms with E-state index in [1.165, 1.54) is 27.0 Å². The van der Waals surface area contributed by atoms with Gasteiger partial charge in [-0.25, -0.2) is 14.4 Å². The molecule has 0 radical (unpaired) electrons. The van der Waals surface area contributed by atoms with Gasteiger partial charge in [-0.05, 0) is 49.1 Å². The van der Waals surface area contributed by atoms with Crippen molar-refractivity contribution in [2.24, 2.45) is 0 Å². The van der Waals surface area contributed by atoms with Crippen molar-refractivity contribution in [3.05, 3.63) is 77.7 Å². The maximum absolute atomic E-state index is 13.3. The van der Waals surface area contributed by atoms with Crippen LogP contribution in [0, 0.1) is 6.92 Å². The molecule has 0 saturated carbocycles. The topological polar surface area (TPSA) is 99.8 Å². The van der Waals surface area contributed by atoms with Gasteiger partial charge in [0, 0.05) is 16.8 Å². The predicted molar refractivity (Wildman–Crippen MR) is 124 cm³/mol. The van der Waals surface area contributed by atoms with Crippen molar-refractivity contribution in [2.45, 2.75) is 20.4 Å². The summed E-state index contributed by atoms with van der Waals surface area (Å²) in [4.78, 5) is 52.7. The standard InChI is InChI=1S/C22H20ClN3O6S/c1-3-31-20(28)16-10-25(15-6-4-14(5-7-15)24-8-9-32-22(24)30)21(29)26(19(16)27)11-17-18(23)13(2)12-33-17/h4-7,10,12H,3,8-9,11H2,1-2H3. The molecular formula is C22H20ClN3O6S. The molecule has 0 bridgehead atoms. The number of amides is 1. The number of benzene rings is 1. The molecule has 3 heterocycles. The van der Waals surface area contributed by atoms with Crippen LogP contribution in [-0.2, 0) is 16.0 Å². The molecule has 0 unspecified atom stereocenters. The van der Waals surface area contributed by atoms with Crippen LogP contribution in [0.5, 0.6) is 0 Å². The molecular weight excluding hydrogens is 470 g/mol. The molecule has 2 aromatic heterocycles. The number of carbonyl (C=O) groups excluding carboxylic acids is 2. The van der Waals surface area contributed by atoms with E-state index in [1.807, 2.05) is 12.3 Å². The molecule has 1 aliphatic rings. The van der Waals surface area contributed by atoms with Crippen molar-refractivity contribution < 1.29 is 19.1 Å². The van der Waals surface area contributed by atoms with E-state index in [4.69, 9.17) is 21.1 Å². The minimum Gasteiger partial charge on any atom is -0.462 e. The Morgan fingerprint density at radius 3 is 2.45 bits per heavy atom.